The van der Waals surface area contributed by atoms with Crippen molar-refractivity contribution in [2.45, 2.75) is 0 Å². The fraction of sp³-hybridized carbons (Fsp3) is 0.111. The standard InChI is InChI=1S/C9H7BrN2OS/c10-7-3-6(4-11)1-2-8(7)12-9(13)5-14/h1-3,14H,5H2,(H,12,13). The Labute approximate surface area is 95.7 Å². The van der Waals surface area contributed by atoms with Crippen molar-refractivity contribution in [1.29, 1.82) is 5.26 Å². The minimum atomic E-state index is -0.182. The highest BCUT2D eigenvalue weighted by molar-refractivity contribution is 9.10. The van der Waals surface area contributed by atoms with E-state index in [9.17, 15) is 4.79 Å². The molecule has 0 aliphatic carbocycles. The average molecular weight is 271 g/mol. The number of anilines is 1. The highest BCUT2D eigenvalue weighted by atomic mass is 79.9. The molecule has 0 saturated carbocycles. The van der Waals surface area contributed by atoms with Crippen LogP contribution in [0.3, 0.4) is 0 Å². The Morgan fingerprint density at radius 1 is 1.64 bits per heavy atom. The first-order chi connectivity index (χ1) is 6.67. The van der Waals surface area contributed by atoms with Gasteiger partial charge in [-0.05, 0) is 34.1 Å². The van der Waals surface area contributed by atoms with Gasteiger partial charge in [-0.3, -0.25) is 4.79 Å². The Balaban J connectivity index is 2.90. The first-order valence-electron chi connectivity index (χ1n) is 3.77. The van der Waals surface area contributed by atoms with Gasteiger partial charge in [0.05, 0.1) is 23.1 Å². The quantitative estimate of drug-likeness (QED) is 0.810. The van der Waals surface area contributed by atoms with E-state index in [2.05, 4.69) is 33.9 Å². The summed E-state index contributed by atoms with van der Waals surface area (Å²) in [4.78, 5) is 11.0. The first-order valence-corrected chi connectivity index (χ1v) is 5.20. The van der Waals surface area contributed by atoms with Crippen LogP contribution in [0.15, 0.2) is 22.7 Å². The number of hydrogen-bond donors (Lipinski definition) is 2. The SMILES string of the molecule is N#Cc1ccc(NC(=O)CS)c(Br)c1. The second-order valence-electron chi connectivity index (χ2n) is 2.51. The number of carbonyl (C=O) groups is 1. The molecule has 0 aliphatic heterocycles. The maximum atomic E-state index is 11.0. The van der Waals surface area contributed by atoms with Crippen LogP contribution in [0.4, 0.5) is 5.69 Å². The predicted molar refractivity (Wildman–Crippen MR) is 61.3 cm³/mol. The third-order valence-electron chi connectivity index (χ3n) is 1.52. The van der Waals surface area contributed by atoms with Crippen molar-refractivity contribution >= 4 is 40.2 Å². The molecular formula is C9H7BrN2OS. The Kier molecular flexibility index (Phi) is 3.98. The molecule has 5 heteroatoms. The average Bonchev–Trinajstić information content (AvgIpc) is 2.20. The van der Waals surface area contributed by atoms with E-state index in [-0.39, 0.29) is 11.7 Å². The molecule has 0 aliphatic rings. The van der Waals surface area contributed by atoms with Gasteiger partial charge in [0.25, 0.3) is 0 Å². The van der Waals surface area contributed by atoms with Gasteiger partial charge in [-0.2, -0.15) is 17.9 Å². The Morgan fingerprint density at radius 3 is 2.86 bits per heavy atom. The summed E-state index contributed by atoms with van der Waals surface area (Å²) in [7, 11) is 0. The molecule has 0 heterocycles. The molecule has 1 rings (SSSR count). The van der Waals surface area contributed by atoms with Crippen LogP contribution in [0.25, 0.3) is 0 Å². The number of benzene rings is 1. The van der Waals surface area contributed by atoms with E-state index < -0.39 is 0 Å². The number of hydrogen-bond acceptors (Lipinski definition) is 3. The summed E-state index contributed by atoms with van der Waals surface area (Å²) >= 11 is 7.09. The zero-order valence-electron chi connectivity index (χ0n) is 7.12. The number of amides is 1. The molecule has 0 spiro atoms. The normalized spacial score (nSPS) is 9.21. The van der Waals surface area contributed by atoms with Gasteiger partial charge in [0.2, 0.25) is 5.91 Å². The molecule has 0 bridgehead atoms. The van der Waals surface area contributed by atoms with Gasteiger partial charge in [-0.25, -0.2) is 0 Å². The van der Waals surface area contributed by atoms with Crippen LogP contribution < -0.4 is 5.32 Å². The van der Waals surface area contributed by atoms with Gasteiger partial charge in [0, 0.05) is 4.47 Å². The summed E-state index contributed by atoms with van der Waals surface area (Å²) in [5, 5.41) is 11.3. The van der Waals surface area contributed by atoms with E-state index in [1.54, 1.807) is 18.2 Å². The number of nitrogens with zero attached hydrogens (tertiary/aromatic N) is 1. The minimum Gasteiger partial charge on any atom is -0.324 e. The molecule has 0 fully saturated rings. The van der Waals surface area contributed by atoms with Crippen molar-refractivity contribution in [1.82, 2.24) is 0 Å². The monoisotopic (exact) mass is 270 g/mol. The largest absolute Gasteiger partial charge is 0.324 e. The molecule has 0 saturated heterocycles. The molecule has 1 aromatic carbocycles. The highest BCUT2D eigenvalue weighted by Gasteiger charge is 2.04. The summed E-state index contributed by atoms with van der Waals surface area (Å²) in [6.45, 7) is 0. The van der Waals surface area contributed by atoms with E-state index >= 15 is 0 Å². The van der Waals surface area contributed by atoms with E-state index in [0.717, 1.165) is 0 Å². The Morgan fingerprint density at radius 2 is 2.36 bits per heavy atom. The molecule has 1 aromatic rings. The molecule has 1 N–H and O–H groups in total. The van der Waals surface area contributed by atoms with E-state index in [1.165, 1.54) is 0 Å². The Hall–Kier alpha value is -0.990. The fourth-order valence-electron chi connectivity index (χ4n) is 0.876. The van der Waals surface area contributed by atoms with Crippen molar-refractivity contribution in [2.75, 3.05) is 11.1 Å². The summed E-state index contributed by atoms with van der Waals surface area (Å²) in [5.74, 6) is -0.0503. The van der Waals surface area contributed by atoms with Crippen molar-refractivity contribution in [3.8, 4) is 6.07 Å². The fourth-order valence-corrected chi connectivity index (χ4v) is 1.43. The van der Waals surface area contributed by atoms with Gasteiger partial charge in [-0.15, -0.1) is 0 Å². The zero-order valence-corrected chi connectivity index (χ0v) is 9.60. The topological polar surface area (TPSA) is 52.9 Å². The van der Waals surface area contributed by atoms with Gasteiger partial charge in [-0.1, -0.05) is 0 Å². The predicted octanol–water partition coefficient (Wildman–Crippen LogP) is 2.19. The summed E-state index contributed by atoms with van der Waals surface area (Å²) in [5.41, 5.74) is 1.18. The lowest BCUT2D eigenvalue weighted by molar-refractivity contribution is -0.113. The highest BCUT2D eigenvalue weighted by Crippen LogP contribution is 2.23. The molecule has 3 nitrogen and oxygen atoms in total. The lowest BCUT2D eigenvalue weighted by Gasteiger charge is -2.05. The molecule has 0 aromatic heterocycles. The second kappa shape index (κ2) is 5.03. The van der Waals surface area contributed by atoms with E-state index in [4.69, 9.17) is 5.26 Å². The molecule has 72 valence electrons. The Bertz CT molecular complexity index is 400. The van der Waals surface area contributed by atoms with Crippen LogP contribution in [0.2, 0.25) is 0 Å². The maximum Gasteiger partial charge on any atom is 0.234 e. The molecule has 0 radical (unpaired) electrons. The number of thiol groups is 1. The van der Waals surface area contributed by atoms with Crippen molar-refractivity contribution < 1.29 is 4.79 Å². The van der Waals surface area contributed by atoms with Crippen molar-refractivity contribution in [3.63, 3.8) is 0 Å². The number of halogens is 1. The molecule has 1 amide bonds. The maximum absolute atomic E-state index is 11.0. The summed E-state index contributed by atoms with van der Waals surface area (Å²) in [6, 6.07) is 6.96. The molecule has 0 unspecified atom stereocenters. The van der Waals surface area contributed by atoms with Crippen LogP contribution >= 0.6 is 28.6 Å². The van der Waals surface area contributed by atoms with Crippen molar-refractivity contribution in [2.24, 2.45) is 0 Å². The summed E-state index contributed by atoms with van der Waals surface area (Å²) in [6.07, 6.45) is 0. The van der Waals surface area contributed by atoms with Crippen LogP contribution in [0, 0.1) is 11.3 Å². The smallest absolute Gasteiger partial charge is 0.234 e. The molecular weight excluding hydrogens is 264 g/mol. The third-order valence-corrected chi connectivity index (χ3v) is 2.46. The lowest BCUT2D eigenvalue weighted by Crippen LogP contribution is -2.12. The van der Waals surface area contributed by atoms with Crippen molar-refractivity contribution in [3.05, 3.63) is 28.2 Å². The van der Waals surface area contributed by atoms with Crippen LogP contribution in [0.5, 0.6) is 0 Å². The van der Waals surface area contributed by atoms with Crippen LogP contribution in [-0.4, -0.2) is 11.7 Å². The number of nitrogens with one attached hydrogen (secondary N) is 1. The van der Waals surface area contributed by atoms with Crippen LogP contribution in [-0.2, 0) is 4.79 Å². The van der Waals surface area contributed by atoms with Gasteiger partial charge >= 0.3 is 0 Å². The number of rotatable bonds is 2. The third kappa shape index (κ3) is 2.76. The van der Waals surface area contributed by atoms with E-state index in [1.807, 2.05) is 6.07 Å². The second-order valence-corrected chi connectivity index (χ2v) is 3.68. The van der Waals surface area contributed by atoms with Gasteiger partial charge in [0.15, 0.2) is 0 Å². The van der Waals surface area contributed by atoms with E-state index in [0.29, 0.717) is 15.7 Å². The van der Waals surface area contributed by atoms with Gasteiger partial charge < -0.3 is 5.32 Å². The molecule has 14 heavy (non-hydrogen) atoms. The number of nitriles is 1. The van der Waals surface area contributed by atoms with Gasteiger partial charge in [0.1, 0.15) is 0 Å². The molecule has 0 atom stereocenters. The zero-order chi connectivity index (χ0) is 10.6. The number of carbonyl (C=O) groups excluding carboxylic acids is 1. The summed E-state index contributed by atoms with van der Waals surface area (Å²) < 4.78 is 0.687. The lowest BCUT2D eigenvalue weighted by atomic mass is 10.2. The minimum absolute atomic E-state index is 0.131. The van der Waals surface area contributed by atoms with Crippen LogP contribution in [0.1, 0.15) is 5.56 Å². The first kappa shape index (κ1) is 11.1.